The van der Waals surface area contributed by atoms with E-state index in [1.54, 1.807) is 25.3 Å². The summed E-state index contributed by atoms with van der Waals surface area (Å²) in [5.41, 5.74) is 3.76. The largest absolute Gasteiger partial charge is 0.486 e. The monoisotopic (exact) mass is 576 g/mol. The molecule has 0 radical (unpaired) electrons. The van der Waals surface area contributed by atoms with Crippen LogP contribution in [0.4, 0.5) is 5.82 Å². The van der Waals surface area contributed by atoms with Gasteiger partial charge in [-0.25, -0.2) is 9.97 Å². The van der Waals surface area contributed by atoms with Crippen molar-refractivity contribution in [2.75, 3.05) is 38.0 Å². The minimum Gasteiger partial charge on any atom is -0.486 e. The Bertz CT molecular complexity index is 1390. The van der Waals surface area contributed by atoms with E-state index in [0.29, 0.717) is 37.6 Å². The van der Waals surface area contributed by atoms with Gasteiger partial charge in [-0.2, -0.15) is 0 Å². The molecule has 11 heteroatoms. The SMILES string of the molecule is CC(=O)N1CCC(Nc2cc(C(=O)NC[C@H](O)CN3CCc4cc(OCc5ocnc5C)ccc4C3)ccn2)C(C)C1. The van der Waals surface area contributed by atoms with Crippen LogP contribution in [0.3, 0.4) is 0 Å². The number of carbonyl (C=O) groups is 2. The average molecular weight is 577 g/mol. The first-order chi connectivity index (χ1) is 20.2. The first-order valence-electron chi connectivity index (χ1n) is 14.6. The molecule has 1 saturated heterocycles. The molecule has 2 amide bonds. The summed E-state index contributed by atoms with van der Waals surface area (Å²) in [7, 11) is 0. The smallest absolute Gasteiger partial charge is 0.251 e. The number of fused-ring (bicyclic) bond motifs is 1. The second-order valence-electron chi connectivity index (χ2n) is 11.3. The van der Waals surface area contributed by atoms with Crippen LogP contribution in [0.15, 0.2) is 47.3 Å². The lowest BCUT2D eigenvalue weighted by atomic mass is 9.93. The number of aryl methyl sites for hydroxylation is 1. The molecule has 4 heterocycles. The lowest BCUT2D eigenvalue weighted by Gasteiger charge is -2.37. The Hall–Kier alpha value is -3.96. The highest BCUT2D eigenvalue weighted by Crippen LogP contribution is 2.25. The summed E-state index contributed by atoms with van der Waals surface area (Å²) in [6.45, 7) is 9.50. The lowest BCUT2D eigenvalue weighted by Crippen LogP contribution is -2.47. The molecule has 0 bridgehead atoms. The molecular weight excluding hydrogens is 536 g/mol. The quantitative estimate of drug-likeness (QED) is 0.333. The summed E-state index contributed by atoms with van der Waals surface area (Å²) < 4.78 is 11.2. The minimum absolute atomic E-state index is 0.0965. The molecule has 1 aromatic carbocycles. The van der Waals surface area contributed by atoms with Crippen LogP contribution < -0.4 is 15.4 Å². The van der Waals surface area contributed by atoms with Crippen LogP contribution >= 0.6 is 0 Å². The fourth-order valence-corrected chi connectivity index (χ4v) is 5.61. The van der Waals surface area contributed by atoms with Gasteiger partial charge in [0.25, 0.3) is 5.91 Å². The Balaban J connectivity index is 1.07. The van der Waals surface area contributed by atoms with Crippen molar-refractivity contribution in [3.05, 3.63) is 71.1 Å². The third-order valence-electron chi connectivity index (χ3n) is 8.16. The van der Waals surface area contributed by atoms with Gasteiger partial charge in [-0.1, -0.05) is 13.0 Å². The molecule has 1 fully saturated rings. The van der Waals surface area contributed by atoms with Crippen molar-refractivity contribution in [3.8, 4) is 5.75 Å². The Morgan fingerprint density at radius 1 is 1.19 bits per heavy atom. The number of rotatable bonds is 10. The molecule has 3 aromatic rings. The molecule has 2 aliphatic heterocycles. The molecule has 42 heavy (non-hydrogen) atoms. The van der Waals surface area contributed by atoms with E-state index in [1.165, 1.54) is 17.5 Å². The maximum atomic E-state index is 12.9. The number of oxazole rings is 1. The Morgan fingerprint density at radius 3 is 2.81 bits per heavy atom. The molecule has 0 saturated carbocycles. The number of amides is 2. The van der Waals surface area contributed by atoms with E-state index >= 15 is 0 Å². The van der Waals surface area contributed by atoms with Crippen molar-refractivity contribution in [3.63, 3.8) is 0 Å². The number of nitrogens with zero attached hydrogens (tertiary/aromatic N) is 4. The summed E-state index contributed by atoms with van der Waals surface area (Å²) in [6, 6.07) is 9.67. The number of aliphatic hydroxyl groups is 1. The van der Waals surface area contributed by atoms with Crippen molar-refractivity contribution in [1.29, 1.82) is 0 Å². The number of hydrogen-bond acceptors (Lipinski definition) is 9. The van der Waals surface area contributed by atoms with Gasteiger partial charge in [-0.15, -0.1) is 0 Å². The standard InChI is InChI=1S/C31H40N6O5/c1-20-15-37(22(3)38)11-8-28(20)35-30-13-24(6-9-32-30)31(40)33-14-26(39)17-36-10-7-23-12-27(5-4-25(23)16-36)41-18-29-21(2)34-19-42-29/h4-6,9,12-13,19-20,26,28,39H,7-8,10-11,14-18H2,1-3H3,(H,32,35)(H,33,40)/t20?,26-,28?/m0/s1. The van der Waals surface area contributed by atoms with Crippen LogP contribution in [-0.2, 0) is 24.4 Å². The van der Waals surface area contributed by atoms with Gasteiger partial charge < -0.3 is 29.8 Å². The molecule has 11 nitrogen and oxygen atoms in total. The zero-order valence-electron chi connectivity index (χ0n) is 24.5. The van der Waals surface area contributed by atoms with Gasteiger partial charge in [0.05, 0.1) is 11.8 Å². The van der Waals surface area contributed by atoms with Gasteiger partial charge in [0.15, 0.2) is 12.2 Å². The summed E-state index contributed by atoms with van der Waals surface area (Å²) in [5, 5.41) is 17.0. The molecule has 5 rings (SSSR count). The number of benzene rings is 1. The van der Waals surface area contributed by atoms with Crippen LogP contribution in [-0.4, -0.2) is 81.6 Å². The molecule has 3 N–H and O–H groups in total. The average Bonchev–Trinajstić information content (AvgIpc) is 3.40. The van der Waals surface area contributed by atoms with Gasteiger partial charge in [0, 0.05) is 64.0 Å². The molecule has 3 atom stereocenters. The maximum absolute atomic E-state index is 12.9. The third-order valence-corrected chi connectivity index (χ3v) is 8.16. The van der Waals surface area contributed by atoms with Crippen molar-refractivity contribution in [2.45, 2.75) is 58.9 Å². The van der Waals surface area contributed by atoms with E-state index in [0.717, 1.165) is 43.1 Å². The minimum atomic E-state index is -0.699. The fourth-order valence-electron chi connectivity index (χ4n) is 5.61. The molecular formula is C31H40N6O5. The first-order valence-corrected chi connectivity index (χ1v) is 14.6. The van der Waals surface area contributed by atoms with E-state index in [2.05, 4.69) is 44.6 Å². The zero-order valence-corrected chi connectivity index (χ0v) is 24.5. The molecule has 2 aromatic heterocycles. The van der Waals surface area contributed by atoms with E-state index in [9.17, 15) is 14.7 Å². The molecule has 2 aliphatic rings. The normalized spacial score (nSPS) is 19.6. The van der Waals surface area contributed by atoms with Gasteiger partial charge >= 0.3 is 0 Å². The van der Waals surface area contributed by atoms with E-state index in [4.69, 9.17) is 9.15 Å². The van der Waals surface area contributed by atoms with Crippen molar-refractivity contribution in [1.82, 2.24) is 25.1 Å². The Morgan fingerprint density at radius 2 is 2.05 bits per heavy atom. The highest BCUT2D eigenvalue weighted by molar-refractivity contribution is 5.94. The number of carbonyl (C=O) groups excluding carboxylic acids is 2. The first kappa shape index (κ1) is 29.5. The Kier molecular flexibility index (Phi) is 9.38. The summed E-state index contributed by atoms with van der Waals surface area (Å²) >= 11 is 0. The molecule has 224 valence electrons. The van der Waals surface area contributed by atoms with E-state index in [1.807, 2.05) is 17.9 Å². The summed E-state index contributed by atoms with van der Waals surface area (Å²) in [4.78, 5) is 37.1. The number of hydrogen-bond donors (Lipinski definition) is 3. The number of ether oxygens (including phenoxy) is 1. The summed E-state index contributed by atoms with van der Waals surface area (Å²) in [5.74, 6) is 2.25. The zero-order chi connectivity index (χ0) is 29.6. The predicted octanol–water partition coefficient (Wildman–Crippen LogP) is 2.77. The molecule has 0 spiro atoms. The third kappa shape index (κ3) is 7.46. The number of anilines is 1. The van der Waals surface area contributed by atoms with Gasteiger partial charge in [0.2, 0.25) is 5.91 Å². The highest BCUT2D eigenvalue weighted by atomic mass is 16.5. The topological polar surface area (TPSA) is 133 Å². The number of aliphatic hydroxyl groups excluding tert-OH is 1. The van der Waals surface area contributed by atoms with Gasteiger partial charge in [-0.05, 0) is 61.1 Å². The van der Waals surface area contributed by atoms with Crippen molar-refractivity contribution < 1.29 is 23.8 Å². The highest BCUT2D eigenvalue weighted by Gasteiger charge is 2.27. The van der Waals surface area contributed by atoms with Gasteiger partial charge in [0.1, 0.15) is 18.2 Å². The summed E-state index contributed by atoms with van der Waals surface area (Å²) in [6.07, 6.45) is 4.01. The van der Waals surface area contributed by atoms with Gasteiger partial charge in [-0.3, -0.25) is 14.5 Å². The number of nitrogens with one attached hydrogen (secondary N) is 2. The Labute approximate surface area is 246 Å². The fraction of sp³-hybridized carbons (Fsp3) is 0.484. The molecule has 0 aliphatic carbocycles. The van der Waals surface area contributed by atoms with Crippen LogP contribution in [0.25, 0.3) is 0 Å². The number of β-amino-alcohol motifs (C(OH)–C–C–N with tert-alkyl or cyclic N) is 1. The number of likely N-dealkylation sites (tertiary alicyclic amines) is 1. The lowest BCUT2D eigenvalue weighted by molar-refractivity contribution is -0.130. The number of aromatic nitrogens is 2. The number of pyridine rings is 1. The van der Waals surface area contributed by atoms with E-state index in [-0.39, 0.29) is 30.3 Å². The second-order valence-corrected chi connectivity index (χ2v) is 11.3. The van der Waals surface area contributed by atoms with Crippen LogP contribution in [0.1, 0.15) is 53.2 Å². The van der Waals surface area contributed by atoms with Crippen molar-refractivity contribution >= 4 is 17.6 Å². The van der Waals surface area contributed by atoms with E-state index < -0.39 is 6.10 Å². The number of piperidine rings is 1. The van der Waals surface area contributed by atoms with Crippen LogP contribution in [0.2, 0.25) is 0 Å². The maximum Gasteiger partial charge on any atom is 0.251 e. The van der Waals surface area contributed by atoms with Crippen molar-refractivity contribution in [2.24, 2.45) is 5.92 Å². The second kappa shape index (κ2) is 13.3. The van der Waals surface area contributed by atoms with Crippen LogP contribution in [0.5, 0.6) is 5.75 Å². The predicted molar refractivity (Wildman–Crippen MR) is 157 cm³/mol. The van der Waals surface area contributed by atoms with Crippen LogP contribution in [0, 0.1) is 12.8 Å². The molecule has 2 unspecified atom stereocenters.